The van der Waals surface area contributed by atoms with Gasteiger partial charge in [0.25, 0.3) is 5.91 Å². The Labute approximate surface area is 147 Å². The van der Waals surface area contributed by atoms with Crippen LogP contribution in [0.4, 0.5) is 5.69 Å². The molecule has 1 fully saturated rings. The number of ether oxygens (including phenoxy) is 2. The molecule has 6 nitrogen and oxygen atoms in total. The highest BCUT2D eigenvalue weighted by Crippen LogP contribution is 2.27. The molecule has 0 unspecified atom stereocenters. The third-order valence-electron chi connectivity index (χ3n) is 4.38. The van der Waals surface area contributed by atoms with E-state index in [9.17, 15) is 4.79 Å². The van der Waals surface area contributed by atoms with Gasteiger partial charge in [-0.05, 0) is 31.9 Å². The van der Waals surface area contributed by atoms with E-state index < -0.39 is 0 Å². The molecule has 2 aromatic rings. The highest BCUT2D eigenvalue weighted by Gasteiger charge is 2.26. The van der Waals surface area contributed by atoms with Crippen LogP contribution in [0.1, 0.15) is 29.2 Å². The standard InChI is InChI=1S/C19H24N2O4/c1-13-6-7-18(25-13)19(22)21-8-4-5-14(12-21)20-15-9-16(23-2)11-17(10-15)24-3/h6-7,9-11,14,20H,4-5,8,12H2,1-3H3/t14-/m1/s1. The molecular formula is C19H24N2O4. The fourth-order valence-electron chi connectivity index (χ4n) is 3.11. The number of aryl methyl sites for hydroxylation is 1. The maximum atomic E-state index is 12.6. The minimum Gasteiger partial charge on any atom is -0.497 e. The third-order valence-corrected chi connectivity index (χ3v) is 4.38. The molecule has 1 aliphatic rings. The molecule has 1 aromatic carbocycles. The van der Waals surface area contributed by atoms with Gasteiger partial charge in [-0.25, -0.2) is 0 Å². The molecule has 1 atom stereocenters. The van der Waals surface area contributed by atoms with Crippen molar-refractivity contribution in [2.45, 2.75) is 25.8 Å². The average Bonchev–Trinajstić information content (AvgIpc) is 3.07. The quantitative estimate of drug-likeness (QED) is 0.901. The SMILES string of the molecule is COc1cc(N[C@@H]2CCCN(C(=O)c3ccc(C)o3)C2)cc(OC)c1. The second kappa shape index (κ2) is 7.51. The molecule has 1 aromatic heterocycles. The van der Waals surface area contributed by atoms with E-state index in [4.69, 9.17) is 13.9 Å². The number of carbonyl (C=O) groups excluding carboxylic acids is 1. The first-order valence-corrected chi connectivity index (χ1v) is 8.44. The van der Waals surface area contributed by atoms with Gasteiger partial charge >= 0.3 is 0 Å². The van der Waals surface area contributed by atoms with Crippen LogP contribution in [-0.4, -0.2) is 44.2 Å². The van der Waals surface area contributed by atoms with Crippen molar-refractivity contribution in [3.8, 4) is 11.5 Å². The lowest BCUT2D eigenvalue weighted by Gasteiger charge is -2.33. The maximum absolute atomic E-state index is 12.6. The third kappa shape index (κ3) is 4.07. The van der Waals surface area contributed by atoms with E-state index in [0.29, 0.717) is 12.3 Å². The molecule has 1 saturated heterocycles. The Bertz CT molecular complexity index is 719. The Morgan fingerprint density at radius 2 is 1.92 bits per heavy atom. The maximum Gasteiger partial charge on any atom is 0.289 e. The monoisotopic (exact) mass is 344 g/mol. The molecule has 0 saturated carbocycles. The number of hydrogen-bond acceptors (Lipinski definition) is 5. The van der Waals surface area contributed by atoms with E-state index in [0.717, 1.165) is 42.3 Å². The van der Waals surface area contributed by atoms with E-state index in [-0.39, 0.29) is 11.9 Å². The molecule has 1 N–H and O–H groups in total. The highest BCUT2D eigenvalue weighted by molar-refractivity contribution is 5.91. The van der Waals surface area contributed by atoms with Crippen molar-refractivity contribution in [2.24, 2.45) is 0 Å². The molecule has 25 heavy (non-hydrogen) atoms. The number of piperidine rings is 1. The van der Waals surface area contributed by atoms with Crippen molar-refractivity contribution in [3.63, 3.8) is 0 Å². The van der Waals surface area contributed by atoms with Crippen molar-refractivity contribution in [1.82, 2.24) is 4.90 Å². The number of likely N-dealkylation sites (tertiary alicyclic amines) is 1. The summed E-state index contributed by atoms with van der Waals surface area (Å²) in [5, 5.41) is 3.49. The van der Waals surface area contributed by atoms with Gasteiger partial charge in [0, 0.05) is 43.0 Å². The first-order chi connectivity index (χ1) is 12.1. The second-order valence-corrected chi connectivity index (χ2v) is 6.25. The largest absolute Gasteiger partial charge is 0.497 e. The van der Waals surface area contributed by atoms with E-state index in [1.807, 2.05) is 36.1 Å². The number of benzene rings is 1. The van der Waals surface area contributed by atoms with E-state index >= 15 is 0 Å². The topological polar surface area (TPSA) is 63.9 Å². The molecule has 6 heteroatoms. The minimum atomic E-state index is -0.0529. The van der Waals surface area contributed by atoms with Crippen molar-refractivity contribution in [3.05, 3.63) is 41.9 Å². The summed E-state index contributed by atoms with van der Waals surface area (Å²) in [7, 11) is 3.26. The second-order valence-electron chi connectivity index (χ2n) is 6.25. The predicted octanol–water partition coefficient (Wildman–Crippen LogP) is 3.32. The summed E-state index contributed by atoms with van der Waals surface area (Å²) in [4.78, 5) is 14.4. The van der Waals surface area contributed by atoms with Crippen LogP contribution in [0.15, 0.2) is 34.7 Å². The van der Waals surface area contributed by atoms with Crippen LogP contribution in [0.2, 0.25) is 0 Å². The molecule has 0 aliphatic carbocycles. The zero-order chi connectivity index (χ0) is 17.8. The highest BCUT2D eigenvalue weighted by atomic mass is 16.5. The minimum absolute atomic E-state index is 0.0529. The van der Waals surface area contributed by atoms with Gasteiger partial charge in [-0.1, -0.05) is 0 Å². The van der Waals surface area contributed by atoms with Crippen molar-refractivity contribution in [1.29, 1.82) is 0 Å². The first kappa shape index (κ1) is 17.2. The first-order valence-electron chi connectivity index (χ1n) is 8.44. The normalized spacial score (nSPS) is 17.2. The molecule has 0 radical (unpaired) electrons. The molecule has 3 rings (SSSR count). The van der Waals surface area contributed by atoms with E-state index in [1.54, 1.807) is 20.3 Å². The predicted molar refractivity (Wildman–Crippen MR) is 95.5 cm³/mol. The Balaban J connectivity index is 1.68. The summed E-state index contributed by atoms with van der Waals surface area (Å²) in [5.74, 6) is 2.57. The van der Waals surface area contributed by atoms with Gasteiger partial charge in [-0.3, -0.25) is 4.79 Å². The summed E-state index contributed by atoms with van der Waals surface area (Å²) in [5.41, 5.74) is 0.921. The van der Waals surface area contributed by atoms with Crippen molar-refractivity contribution >= 4 is 11.6 Å². The number of carbonyl (C=O) groups is 1. The summed E-state index contributed by atoms with van der Waals surface area (Å²) >= 11 is 0. The Morgan fingerprint density at radius 1 is 1.20 bits per heavy atom. The molecule has 1 amide bonds. The lowest BCUT2D eigenvalue weighted by Crippen LogP contribution is -2.45. The molecule has 0 bridgehead atoms. The van der Waals surface area contributed by atoms with Gasteiger partial charge in [0.1, 0.15) is 17.3 Å². The van der Waals surface area contributed by atoms with Gasteiger partial charge in [0.2, 0.25) is 0 Å². The fourth-order valence-corrected chi connectivity index (χ4v) is 3.11. The number of furan rings is 1. The van der Waals surface area contributed by atoms with Gasteiger partial charge in [0.05, 0.1) is 14.2 Å². The summed E-state index contributed by atoms with van der Waals surface area (Å²) in [6, 6.07) is 9.42. The zero-order valence-electron chi connectivity index (χ0n) is 14.9. The van der Waals surface area contributed by atoms with Gasteiger partial charge in [0.15, 0.2) is 5.76 Å². The smallest absolute Gasteiger partial charge is 0.289 e. The van der Waals surface area contributed by atoms with Gasteiger partial charge in [-0.2, -0.15) is 0 Å². The van der Waals surface area contributed by atoms with Gasteiger partial charge < -0.3 is 24.1 Å². The number of hydrogen-bond donors (Lipinski definition) is 1. The summed E-state index contributed by atoms with van der Waals surface area (Å²) in [6.07, 6.45) is 1.95. The lowest BCUT2D eigenvalue weighted by atomic mass is 10.0. The number of nitrogens with one attached hydrogen (secondary N) is 1. The molecule has 134 valence electrons. The molecule has 0 spiro atoms. The van der Waals surface area contributed by atoms with Gasteiger partial charge in [-0.15, -0.1) is 0 Å². The number of rotatable bonds is 5. The fraction of sp³-hybridized carbons (Fsp3) is 0.421. The number of methoxy groups -OCH3 is 2. The van der Waals surface area contributed by atoms with Crippen LogP contribution in [0.5, 0.6) is 11.5 Å². The van der Waals surface area contributed by atoms with Crippen LogP contribution in [0.3, 0.4) is 0 Å². The van der Waals surface area contributed by atoms with E-state index in [1.165, 1.54) is 0 Å². The number of anilines is 1. The summed E-state index contributed by atoms with van der Waals surface area (Å²) < 4.78 is 16.1. The Morgan fingerprint density at radius 3 is 2.52 bits per heavy atom. The summed E-state index contributed by atoms with van der Waals surface area (Å²) in [6.45, 7) is 3.23. The van der Waals surface area contributed by atoms with Crippen LogP contribution in [-0.2, 0) is 0 Å². The van der Waals surface area contributed by atoms with Crippen LogP contribution >= 0.6 is 0 Å². The van der Waals surface area contributed by atoms with Crippen molar-refractivity contribution < 1.29 is 18.7 Å². The van der Waals surface area contributed by atoms with Crippen molar-refractivity contribution in [2.75, 3.05) is 32.6 Å². The molecule has 1 aliphatic heterocycles. The average molecular weight is 344 g/mol. The number of nitrogens with zero attached hydrogens (tertiary/aromatic N) is 1. The molecular weight excluding hydrogens is 320 g/mol. The van der Waals surface area contributed by atoms with E-state index in [2.05, 4.69) is 5.32 Å². The Hall–Kier alpha value is -2.63. The zero-order valence-corrected chi connectivity index (χ0v) is 14.9. The molecule has 2 heterocycles. The van der Waals surface area contributed by atoms with Crippen LogP contribution in [0, 0.1) is 6.92 Å². The number of amides is 1. The van der Waals surface area contributed by atoms with Crippen LogP contribution < -0.4 is 14.8 Å². The lowest BCUT2D eigenvalue weighted by molar-refractivity contribution is 0.0681. The van der Waals surface area contributed by atoms with Crippen LogP contribution in [0.25, 0.3) is 0 Å². The Kier molecular flexibility index (Phi) is 5.16.